The number of hydrogen-bond acceptors (Lipinski definition) is 2. The van der Waals surface area contributed by atoms with Crippen molar-refractivity contribution < 1.29 is 4.79 Å². The van der Waals surface area contributed by atoms with Gasteiger partial charge in [-0.3, -0.25) is 4.79 Å². The molecule has 5 nitrogen and oxygen atoms in total. The number of hydrogen-bond donors (Lipinski definition) is 3. The van der Waals surface area contributed by atoms with E-state index < -0.39 is 0 Å². The molecule has 4 N–H and O–H groups in total. The number of benzene rings is 2. The van der Waals surface area contributed by atoms with E-state index in [1.165, 1.54) is 0 Å². The van der Waals surface area contributed by atoms with Crippen LogP contribution in [-0.2, 0) is 11.3 Å². The van der Waals surface area contributed by atoms with Crippen LogP contribution in [0.4, 0.5) is 11.4 Å². The third kappa shape index (κ3) is 5.43. The molecule has 0 aliphatic carbocycles. The van der Waals surface area contributed by atoms with E-state index in [-0.39, 0.29) is 11.8 Å². The van der Waals surface area contributed by atoms with Crippen molar-refractivity contribution >= 4 is 23.2 Å². The van der Waals surface area contributed by atoms with Crippen molar-refractivity contribution in [1.29, 1.82) is 0 Å². The predicted molar refractivity (Wildman–Crippen MR) is 99.9 cm³/mol. The molecule has 0 fully saturated rings. The molecule has 0 aliphatic rings. The Morgan fingerprint density at radius 1 is 1.08 bits per heavy atom. The molecule has 2 aromatic rings. The number of anilines is 2. The third-order valence-electron chi connectivity index (χ3n) is 3.73. The maximum atomic E-state index is 12.0. The third-order valence-corrected chi connectivity index (χ3v) is 3.73. The van der Waals surface area contributed by atoms with Gasteiger partial charge in [0.2, 0.25) is 5.91 Å². The van der Waals surface area contributed by atoms with Gasteiger partial charge < -0.3 is 16.4 Å². The second kappa shape index (κ2) is 8.72. The number of carbonyl (C=O) groups is 1. The van der Waals surface area contributed by atoms with E-state index in [1.807, 2.05) is 68.4 Å². The lowest BCUT2D eigenvalue weighted by Gasteiger charge is -2.11. The molecule has 2 rings (SSSR count). The summed E-state index contributed by atoms with van der Waals surface area (Å²) in [5, 5.41) is 5.97. The number of amides is 1. The molecule has 0 bridgehead atoms. The first-order chi connectivity index (χ1) is 11.6. The zero-order chi connectivity index (χ0) is 17.4. The summed E-state index contributed by atoms with van der Waals surface area (Å²) in [6.45, 7) is 4.36. The molecule has 0 aromatic heterocycles. The summed E-state index contributed by atoms with van der Waals surface area (Å²) in [5.41, 5.74) is 8.56. The molecule has 0 saturated carbocycles. The number of carbonyl (C=O) groups excluding carboxylic acids is 1. The summed E-state index contributed by atoms with van der Waals surface area (Å²) in [4.78, 5) is 16.3. The van der Waals surface area contributed by atoms with Crippen LogP contribution >= 0.6 is 0 Å². The van der Waals surface area contributed by atoms with Crippen LogP contribution in [-0.4, -0.2) is 11.9 Å². The van der Waals surface area contributed by atoms with Gasteiger partial charge in [-0.1, -0.05) is 44.2 Å². The van der Waals surface area contributed by atoms with E-state index >= 15 is 0 Å². The van der Waals surface area contributed by atoms with E-state index in [0.717, 1.165) is 23.4 Å². The fourth-order valence-electron chi connectivity index (χ4n) is 2.08. The molecular weight excluding hydrogens is 300 g/mol. The van der Waals surface area contributed by atoms with Gasteiger partial charge in [0.05, 0.1) is 6.54 Å². The highest BCUT2D eigenvalue weighted by atomic mass is 16.1. The van der Waals surface area contributed by atoms with Gasteiger partial charge in [-0.25, -0.2) is 4.99 Å². The summed E-state index contributed by atoms with van der Waals surface area (Å²) in [7, 11) is 0. The second-order valence-electron chi connectivity index (χ2n) is 5.69. The average molecular weight is 324 g/mol. The number of nitrogens with one attached hydrogen (secondary N) is 2. The van der Waals surface area contributed by atoms with Crippen LogP contribution < -0.4 is 16.4 Å². The number of guanidine groups is 1. The largest absolute Gasteiger partial charge is 0.370 e. The lowest BCUT2D eigenvalue weighted by atomic mass is 10.1. The van der Waals surface area contributed by atoms with Gasteiger partial charge in [0.1, 0.15) is 0 Å². The highest BCUT2D eigenvalue weighted by Gasteiger charge is 2.10. The fourth-order valence-corrected chi connectivity index (χ4v) is 2.08. The smallest absolute Gasteiger partial charge is 0.227 e. The molecule has 126 valence electrons. The van der Waals surface area contributed by atoms with Crippen molar-refractivity contribution in [2.45, 2.75) is 26.8 Å². The van der Waals surface area contributed by atoms with Gasteiger partial charge in [-0.15, -0.1) is 0 Å². The Morgan fingerprint density at radius 3 is 2.50 bits per heavy atom. The minimum absolute atomic E-state index is 0.00241. The quantitative estimate of drug-likeness (QED) is 0.561. The molecule has 0 saturated heterocycles. The van der Waals surface area contributed by atoms with Gasteiger partial charge in [0.15, 0.2) is 5.96 Å². The minimum atomic E-state index is -0.00241. The normalized spacial score (nSPS) is 12.5. The minimum Gasteiger partial charge on any atom is -0.370 e. The topological polar surface area (TPSA) is 79.5 Å². The van der Waals surface area contributed by atoms with Gasteiger partial charge in [-0.2, -0.15) is 0 Å². The first-order valence-electron chi connectivity index (χ1n) is 8.10. The van der Waals surface area contributed by atoms with Crippen molar-refractivity contribution in [1.82, 2.24) is 0 Å². The van der Waals surface area contributed by atoms with Gasteiger partial charge in [0.25, 0.3) is 0 Å². The Balaban J connectivity index is 1.96. The van der Waals surface area contributed by atoms with E-state index in [9.17, 15) is 4.79 Å². The summed E-state index contributed by atoms with van der Waals surface area (Å²) < 4.78 is 0. The molecule has 24 heavy (non-hydrogen) atoms. The van der Waals surface area contributed by atoms with Crippen molar-refractivity contribution in [3.05, 3.63) is 60.2 Å². The standard InChI is InChI=1S/C19H24N4O/c1-3-14(2)18(24)22-17-11-7-8-15(12-17)13-21-19(20)23-16-9-5-4-6-10-16/h4-12,14H,3,13H2,1-2H3,(H,22,24)(H3,20,21,23). The highest BCUT2D eigenvalue weighted by molar-refractivity contribution is 5.93. The van der Waals surface area contributed by atoms with E-state index in [1.54, 1.807) is 0 Å². The van der Waals surface area contributed by atoms with Crippen LogP contribution in [0, 0.1) is 5.92 Å². The molecule has 1 amide bonds. The summed E-state index contributed by atoms with van der Waals surface area (Å²) in [6, 6.07) is 17.3. The molecule has 1 atom stereocenters. The SMILES string of the molecule is CCC(C)C(=O)Nc1cccc(CN=C(N)Nc2ccccc2)c1. The van der Waals surface area contributed by atoms with E-state index in [0.29, 0.717) is 12.5 Å². The highest BCUT2D eigenvalue weighted by Crippen LogP contribution is 2.14. The Bertz CT molecular complexity index is 698. The number of nitrogens with zero attached hydrogens (tertiary/aromatic N) is 1. The summed E-state index contributed by atoms with van der Waals surface area (Å²) in [5.74, 6) is 0.385. The van der Waals surface area contributed by atoms with Crippen molar-refractivity contribution in [2.75, 3.05) is 10.6 Å². The Hall–Kier alpha value is -2.82. The first kappa shape index (κ1) is 17.5. The monoisotopic (exact) mass is 324 g/mol. The molecule has 0 aliphatic heterocycles. The van der Waals surface area contributed by atoms with Crippen molar-refractivity contribution in [3.63, 3.8) is 0 Å². The van der Waals surface area contributed by atoms with Crippen LogP contribution in [0.15, 0.2) is 59.6 Å². The van der Waals surface area contributed by atoms with Crippen LogP contribution in [0.5, 0.6) is 0 Å². The maximum absolute atomic E-state index is 12.0. The molecule has 5 heteroatoms. The first-order valence-corrected chi connectivity index (χ1v) is 8.10. The molecule has 2 aromatic carbocycles. The van der Waals surface area contributed by atoms with Gasteiger partial charge >= 0.3 is 0 Å². The molecule has 0 heterocycles. The lowest BCUT2D eigenvalue weighted by Crippen LogP contribution is -2.22. The van der Waals surface area contributed by atoms with Gasteiger partial charge in [0, 0.05) is 17.3 Å². The van der Waals surface area contributed by atoms with Crippen LogP contribution in [0.1, 0.15) is 25.8 Å². The summed E-state index contributed by atoms with van der Waals surface area (Å²) >= 11 is 0. The number of para-hydroxylation sites is 1. The van der Waals surface area contributed by atoms with Crippen LogP contribution in [0.3, 0.4) is 0 Å². The van der Waals surface area contributed by atoms with E-state index in [4.69, 9.17) is 5.73 Å². The maximum Gasteiger partial charge on any atom is 0.227 e. The van der Waals surface area contributed by atoms with Crippen molar-refractivity contribution in [2.24, 2.45) is 16.6 Å². The number of aliphatic imine (C=N–C) groups is 1. The lowest BCUT2D eigenvalue weighted by molar-refractivity contribution is -0.119. The van der Waals surface area contributed by atoms with Crippen LogP contribution in [0.25, 0.3) is 0 Å². The molecular formula is C19H24N4O. The zero-order valence-electron chi connectivity index (χ0n) is 14.1. The number of nitrogens with two attached hydrogens (primary N) is 1. The number of rotatable bonds is 6. The zero-order valence-corrected chi connectivity index (χ0v) is 14.1. The van der Waals surface area contributed by atoms with E-state index in [2.05, 4.69) is 15.6 Å². The Morgan fingerprint density at radius 2 is 1.79 bits per heavy atom. The van der Waals surface area contributed by atoms with Crippen molar-refractivity contribution in [3.8, 4) is 0 Å². The Labute approximate surface area is 143 Å². The molecule has 0 radical (unpaired) electrons. The molecule has 1 unspecified atom stereocenters. The fraction of sp³-hybridized carbons (Fsp3) is 0.263. The van der Waals surface area contributed by atoms with Crippen LogP contribution in [0.2, 0.25) is 0 Å². The van der Waals surface area contributed by atoms with Gasteiger partial charge in [-0.05, 0) is 36.2 Å². The predicted octanol–water partition coefficient (Wildman–Crippen LogP) is 3.60. The average Bonchev–Trinajstić information content (AvgIpc) is 2.60. The Kier molecular flexibility index (Phi) is 6.37. The summed E-state index contributed by atoms with van der Waals surface area (Å²) in [6.07, 6.45) is 0.817. The molecule has 0 spiro atoms. The second-order valence-corrected chi connectivity index (χ2v) is 5.69.